The minimum Gasteiger partial charge on any atom is -0.312 e. The number of hydrogen-bond donors (Lipinski definition) is 1. The van der Waals surface area contributed by atoms with Crippen LogP contribution in [0.4, 0.5) is 0 Å². The van der Waals surface area contributed by atoms with E-state index in [9.17, 15) is 0 Å². The highest BCUT2D eigenvalue weighted by molar-refractivity contribution is 4.84. The molecule has 0 heterocycles. The van der Waals surface area contributed by atoms with Crippen molar-refractivity contribution in [3.05, 3.63) is 0 Å². The van der Waals surface area contributed by atoms with Gasteiger partial charge in [0, 0.05) is 18.6 Å². The van der Waals surface area contributed by atoms with Crippen LogP contribution in [0.5, 0.6) is 0 Å². The van der Waals surface area contributed by atoms with Crippen molar-refractivity contribution in [2.24, 2.45) is 17.8 Å². The molecule has 0 amide bonds. The Balaban J connectivity index is 2.47. The third-order valence-electron chi connectivity index (χ3n) is 4.77. The number of hydrogen-bond acceptors (Lipinski definition) is 2. The summed E-state index contributed by atoms with van der Waals surface area (Å²) in [5.74, 6) is 2.48. The molecule has 0 aliphatic heterocycles. The van der Waals surface area contributed by atoms with Crippen LogP contribution in [0.15, 0.2) is 0 Å². The van der Waals surface area contributed by atoms with Gasteiger partial charge in [0.2, 0.25) is 0 Å². The third-order valence-corrected chi connectivity index (χ3v) is 4.77. The molecule has 1 saturated carbocycles. The van der Waals surface area contributed by atoms with Crippen LogP contribution in [0.25, 0.3) is 0 Å². The molecule has 19 heavy (non-hydrogen) atoms. The minimum absolute atomic E-state index is 0.676. The lowest BCUT2D eigenvalue weighted by Gasteiger charge is -2.37. The Labute approximate surface area is 121 Å². The van der Waals surface area contributed by atoms with E-state index in [1.807, 2.05) is 0 Å². The van der Waals surface area contributed by atoms with E-state index < -0.39 is 0 Å². The lowest BCUT2D eigenvalue weighted by atomic mass is 9.77. The zero-order valence-electron chi connectivity index (χ0n) is 14.1. The number of likely N-dealkylation sites (N-methyl/N-ethyl adjacent to an activating group) is 1. The first kappa shape index (κ1) is 17.0. The van der Waals surface area contributed by atoms with Crippen molar-refractivity contribution >= 4 is 0 Å². The number of nitrogens with zero attached hydrogens (tertiary/aromatic N) is 1. The maximum Gasteiger partial charge on any atom is 0.0217 e. The summed E-state index contributed by atoms with van der Waals surface area (Å²) in [5, 5.41) is 3.90. The van der Waals surface area contributed by atoms with Gasteiger partial charge >= 0.3 is 0 Å². The first-order chi connectivity index (χ1) is 8.91. The van der Waals surface area contributed by atoms with Crippen molar-refractivity contribution in [3.8, 4) is 0 Å². The second kappa shape index (κ2) is 8.26. The molecule has 1 aliphatic carbocycles. The average Bonchev–Trinajstić information content (AvgIpc) is 2.34. The van der Waals surface area contributed by atoms with Gasteiger partial charge < -0.3 is 10.2 Å². The summed E-state index contributed by atoms with van der Waals surface area (Å²) in [6.45, 7) is 10.6. The summed E-state index contributed by atoms with van der Waals surface area (Å²) in [6, 6.07) is 1.43. The van der Waals surface area contributed by atoms with E-state index >= 15 is 0 Å². The first-order valence-corrected chi connectivity index (χ1v) is 8.31. The maximum absolute atomic E-state index is 3.90. The van der Waals surface area contributed by atoms with Crippen molar-refractivity contribution in [1.29, 1.82) is 0 Å². The van der Waals surface area contributed by atoms with E-state index in [1.54, 1.807) is 0 Å². The quantitative estimate of drug-likeness (QED) is 0.756. The molecule has 0 aromatic carbocycles. The monoisotopic (exact) mass is 268 g/mol. The highest BCUT2D eigenvalue weighted by Crippen LogP contribution is 2.30. The molecule has 1 aliphatic rings. The molecule has 114 valence electrons. The summed E-state index contributed by atoms with van der Waals surface area (Å²) < 4.78 is 0. The van der Waals surface area contributed by atoms with Crippen molar-refractivity contribution in [3.63, 3.8) is 0 Å². The predicted molar refractivity (Wildman–Crippen MR) is 85.5 cm³/mol. The lowest BCUT2D eigenvalue weighted by Crippen LogP contribution is -2.47. The Kier molecular flexibility index (Phi) is 7.38. The SMILES string of the molecule is CC(C)CC(CNC1CCCCC1C(C)C)N(C)C. The van der Waals surface area contributed by atoms with Gasteiger partial charge in [-0.2, -0.15) is 0 Å². The molecule has 0 radical (unpaired) electrons. The molecule has 1 rings (SSSR count). The maximum atomic E-state index is 3.90. The highest BCUT2D eigenvalue weighted by atomic mass is 15.1. The fraction of sp³-hybridized carbons (Fsp3) is 1.00. The van der Waals surface area contributed by atoms with Crippen LogP contribution in [0.2, 0.25) is 0 Å². The van der Waals surface area contributed by atoms with Gasteiger partial charge in [0.05, 0.1) is 0 Å². The molecule has 1 N–H and O–H groups in total. The molecule has 2 nitrogen and oxygen atoms in total. The standard InChI is InChI=1S/C17H36N2/c1-13(2)11-15(19(5)6)12-18-17-10-8-7-9-16(17)14(3)4/h13-18H,7-12H2,1-6H3. The van der Waals surface area contributed by atoms with Gasteiger partial charge in [0.25, 0.3) is 0 Å². The zero-order chi connectivity index (χ0) is 14.4. The fourth-order valence-corrected chi connectivity index (χ4v) is 3.52. The molecule has 2 heteroatoms. The second-order valence-corrected chi connectivity index (χ2v) is 7.45. The van der Waals surface area contributed by atoms with Crippen LogP contribution in [-0.2, 0) is 0 Å². The van der Waals surface area contributed by atoms with E-state index in [4.69, 9.17) is 0 Å². The third kappa shape index (κ3) is 5.83. The van der Waals surface area contributed by atoms with Gasteiger partial charge in [-0.25, -0.2) is 0 Å². The Morgan fingerprint density at radius 3 is 2.21 bits per heavy atom. The van der Waals surface area contributed by atoms with Gasteiger partial charge in [-0.3, -0.25) is 0 Å². The Bertz CT molecular complexity index is 235. The van der Waals surface area contributed by atoms with Crippen molar-refractivity contribution in [2.75, 3.05) is 20.6 Å². The fourth-order valence-electron chi connectivity index (χ4n) is 3.52. The van der Waals surface area contributed by atoms with Crippen LogP contribution >= 0.6 is 0 Å². The molecule has 1 fully saturated rings. The molecule has 0 bridgehead atoms. The van der Waals surface area contributed by atoms with Gasteiger partial charge in [0.1, 0.15) is 0 Å². The van der Waals surface area contributed by atoms with E-state index in [-0.39, 0.29) is 0 Å². The van der Waals surface area contributed by atoms with Crippen LogP contribution in [0.3, 0.4) is 0 Å². The Hall–Kier alpha value is -0.0800. The van der Waals surface area contributed by atoms with Crippen molar-refractivity contribution in [2.45, 2.75) is 71.9 Å². The molecule has 0 saturated heterocycles. The number of nitrogens with one attached hydrogen (secondary N) is 1. The summed E-state index contributed by atoms with van der Waals surface area (Å²) in [4.78, 5) is 2.39. The van der Waals surface area contributed by atoms with Gasteiger partial charge in [-0.1, -0.05) is 40.5 Å². The molecular formula is C17H36N2. The summed E-state index contributed by atoms with van der Waals surface area (Å²) >= 11 is 0. The van der Waals surface area contributed by atoms with Crippen LogP contribution < -0.4 is 5.32 Å². The Morgan fingerprint density at radius 2 is 1.68 bits per heavy atom. The second-order valence-electron chi connectivity index (χ2n) is 7.45. The van der Waals surface area contributed by atoms with E-state index in [0.717, 1.165) is 30.3 Å². The topological polar surface area (TPSA) is 15.3 Å². The Morgan fingerprint density at radius 1 is 1.05 bits per heavy atom. The highest BCUT2D eigenvalue weighted by Gasteiger charge is 2.27. The van der Waals surface area contributed by atoms with E-state index in [1.165, 1.54) is 32.1 Å². The minimum atomic E-state index is 0.676. The zero-order valence-corrected chi connectivity index (χ0v) is 14.1. The summed E-state index contributed by atoms with van der Waals surface area (Å²) in [6.07, 6.45) is 6.94. The normalized spacial score (nSPS) is 26.4. The molecule has 3 atom stereocenters. The molecule has 0 aromatic rings. The smallest absolute Gasteiger partial charge is 0.0217 e. The summed E-state index contributed by atoms with van der Waals surface area (Å²) in [7, 11) is 4.44. The van der Waals surface area contributed by atoms with Gasteiger partial charge in [-0.05, 0) is 51.1 Å². The lowest BCUT2D eigenvalue weighted by molar-refractivity contribution is 0.179. The number of rotatable bonds is 7. The molecule has 3 unspecified atom stereocenters. The molecular weight excluding hydrogens is 232 g/mol. The first-order valence-electron chi connectivity index (χ1n) is 8.31. The van der Waals surface area contributed by atoms with Gasteiger partial charge in [0.15, 0.2) is 0 Å². The van der Waals surface area contributed by atoms with Crippen molar-refractivity contribution in [1.82, 2.24) is 10.2 Å². The van der Waals surface area contributed by atoms with Crippen molar-refractivity contribution < 1.29 is 0 Å². The van der Waals surface area contributed by atoms with E-state index in [2.05, 4.69) is 52.0 Å². The van der Waals surface area contributed by atoms with Crippen LogP contribution in [0.1, 0.15) is 59.8 Å². The molecule has 0 spiro atoms. The summed E-state index contributed by atoms with van der Waals surface area (Å²) in [5.41, 5.74) is 0. The average molecular weight is 268 g/mol. The largest absolute Gasteiger partial charge is 0.312 e. The van der Waals surface area contributed by atoms with Gasteiger partial charge in [-0.15, -0.1) is 0 Å². The molecule has 0 aromatic heterocycles. The van der Waals surface area contributed by atoms with Crippen LogP contribution in [-0.4, -0.2) is 37.6 Å². The predicted octanol–water partition coefficient (Wildman–Crippen LogP) is 3.77. The van der Waals surface area contributed by atoms with Crippen LogP contribution in [0, 0.1) is 17.8 Å². The van der Waals surface area contributed by atoms with E-state index in [0.29, 0.717) is 6.04 Å².